The van der Waals surface area contributed by atoms with Crippen LogP contribution >= 0.6 is 31.2 Å². The van der Waals surface area contributed by atoms with Gasteiger partial charge >= 0.3 is 7.82 Å². The SMILES string of the molecule is CCC(OC(COc1ccc(CC2SC(=O)NC2=O)cc1)c1cccc(Cl)c1)OP(=O)(OC)OC. The third-order valence-corrected chi connectivity index (χ3v) is 7.68. The van der Waals surface area contributed by atoms with Gasteiger partial charge in [0.1, 0.15) is 18.5 Å². The van der Waals surface area contributed by atoms with Crippen molar-refractivity contribution in [2.75, 3.05) is 20.8 Å². The molecule has 3 rings (SSSR count). The van der Waals surface area contributed by atoms with E-state index in [-0.39, 0.29) is 17.8 Å². The van der Waals surface area contributed by atoms with Gasteiger partial charge in [-0.25, -0.2) is 4.57 Å². The van der Waals surface area contributed by atoms with Crippen LogP contribution in [0.4, 0.5) is 4.79 Å². The molecule has 35 heavy (non-hydrogen) atoms. The lowest BCUT2D eigenvalue weighted by molar-refractivity contribution is -0.142. The van der Waals surface area contributed by atoms with Gasteiger partial charge in [0.05, 0.1) is 5.25 Å². The maximum atomic E-state index is 12.4. The molecule has 3 atom stereocenters. The van der Waals surface area contributed by atoms with E-state index in [4.69, 9.17) is 34.6 Å². The van der Waals surface area contributed by atoms with E-state index < -0.39 is 25.5 Å². The number of nitrogens with one attached hydrogen (secondary N) is 1. The number of thioether (sulfide) groups is 1. The van der Waals surface area contributed by atoms with Crippen LogP contribution < -0.4 is 10.1 Å². The van der Waals surface area contributed by atoms with Crippen molar-refractivity contribution >= 4 is 42.3 Å². The molecule has 12 heteroatoms. The summed E-state index contributed by atoms with van der Waals surface area (Å²) in [6.07, 6.45) is -0.693. The van der Waals surface area contributed by atoms with Gasteiger partial charge in [0.25, 0.3) is 5.24 Å². The van der Waals surface area contributed by atoms with Crippen molar-refractivity contribution in [2.24, 2.45) is 0 Å². The Kier molecular flexibility index (Phi) is 10.2. The molecule has 1 N–H and O–H groups in total. The van der Waals surface area contributed by atoms with Gasteiger partial charge in [-0.2, -0.15) is 0 Å². The molecule has 0 spiro atoms. The molecule has 9 nitrogen and oxygen atoms in total. The number of amides is 2. The third-order valence-electron chi connectivity index (χ3n) is 5.08. The molecule has 2 aromatic rings. The van der Waals surface area contributed by atoms with Crippen molar-refractivity contribution in [1.82, 2.24) is 5.32 Å². The first kappa shape index (κ1) is 27.7. The Morgan fingerprint density at radius 2 is 1.83 bits per heavy atom. The number of ether oxygens (including phenoxy) is 2. The average Bonchev–Trinajstić information content (AvgIpc) is 3.17. The summed E-state index contributed by atoms with van der Waals surface area (Å²) in [5, 5.41) is 2.06. The second-order valence-electron chi connectivity index (χ2n) is 7.48. The van der Waals surface area contributed by atoms with E-state index in [1.54, 1.807) is 30.3 Å². The summed E-state index contributed by atoms with van der Waals surface area (Å²) in [7, 11) is -1.30. The summed E-state index contributed by atoms with van der Waals surface area (Å²) in [4.78, 5) is 23.1. The number of halogens is 1. The molecule has 1 aliphatic rings. The fourth-order valence-electron chi connectivity index (χ4n) is 3.24. The Morgan fingerprint density at radius 1 is 1.11 bits per heavy atom. The number of rotatable bonds is 13. The molecular formula is C23H27ClNO8PS. The monoisotopic (exact) mass is 543 g/mol. The standard InChI is InChI=1S/C23H27ClNO8PS/c1-4-21(33-34(28,29-2)30-3)32-19(16-6-5-7-17(24)13-16)14-31-18-10-8-15(9-11-18)12-20-22(26)25-23(27)35-20/h5-11,13,19-21H,4,12,14H2,1-3H3,(H,25,26,27). The van der Waals surface area contributed by atoms with Gasteiger partial charge in [-0.3, -0.25) is 28.5 Å². The van der Waals surface area contributed by atoms with E-state index in [1.807, 2.05) is 25.1 Å². The topological polar surface area (TPSA) is 109 Å². The van der Waals surface area contributed by atoms with Crippen LogP contribution in [0.1, 0.15) is 30.6 Å². The van der Waals surface area contributed by atoms with E-state index >= 15 is 0 Å². The summed E-state index contributed by atoms with van der Waals surface area (Å²) in [5.41, 5.74) is 1.64. The van der Waals surface area contributed by atoms with E-state index in [0.717, 1.165) is 22.9 Å². The normalized spacial score (nSPS) is 17.8. The van der Waals surface area contributed by atoms with Crippen molar-refractivity contribution < 1.29 is 37.2 Å². The van der Waals surface area contributed by atoms with Crippen molar-refractivity contribution in [3.8, 4) is 5.75 Å². The lowest BCUT2D eigenvalue weighted by Crippen LogP contribution is -2.25. The first-order valence-corrected chi connectivity index (χ1v) is 13.5. The molecule has 1 fully saturated rings. The molecule has 0 aliphatic carbocycles. The molecule has 1 aliphatic heterocycles. The molecular weight excluding hydrogens is 517 g/mol. The minimum Gasteiger partial charge on any atom is -0.491 e. The molecule has 0 bridgehead atoms. The number of hydrogen-bond acceptors (Lipinski definition) is 9. The Labute approximate surface area is 213 Å². The van der Waals surface area contributed by atoms with Crippen LogP contribution in [-0.2, 0) is 34.1 Å². The van der Waals surface area contributed by atoms with E-state index in [9.17, 15) is 14.2 Å². The number of carbonyl (C=O) groups excluding carboxylic acids is 2. The van der Waals surface area contributed by atoms with Gasteiger partial charge in [-0.05, 0) is 48.2 Å². The van der Waals surface area contributed by atoms with Gasteiger partial charge in [-0.1, -0.05) is 54.6 Å². The highest BCUT2D eigenvalue weighted by atomic mass is 35.5. The number of phosphoric ester groups is 1. The molecule has 0 aromatic heterocycles. The second kappa shape index (κ2) is 12.9. The highest BCUT2D eigenvalue weighted by Gasteiger charge is 2.32. The molecule has 2 aromatic carbocycles. The van der Waals surface area contributed by atoms with Crippen molar-refractivity contribution in [3.05, 3.63) is 64.7 Å². The van der Waals surface area contributed by atoms with Crippen LogP contribution in [0.25, 0.3) is 0 Å². The number of hydrogen-bond donors (Lipinski definition) is 1. The summed E-state index contributed by atoms with van der Waals surface area (Å²) in [6.45, 7) is 1.92. The van der Waals surface area contributed by atoms with Gasteiger partial charge < -0.3 is 9.47 Å². The third kappa shape index (κ3) is 8.05. The Balaban J connectivity index is 1.68. The Hall–Kier alpha value is -1.91. The first-order valence-electron chi connectivity index (χ1n) is 10.8. The minimum atomic E-state index is -3.76. The number of carbonyl (C=O) groups is 2. The maximum absolute atomic E-state index is 12.4. The zero-order valence-electron chi connectivity index (χ0n) is 19.5. The number of phosphoric acid groups is 1. The highest BCUT2D eigenvalue weighted by molar-refractivity contribution is 8.15. The Bertz CT molecular complexity index is 1060. The van der Waals surface area contributed by atoms with Crippen molar-refractivity contribution in [3.63, 3.8) is 0 Å². The number of benzene rings is 2. The minimum absolute atomic E-state index is 0.110. The molecule has 1 saturated heterocycles. The predicted molar refractivity (Wildman–Crippen MR) is 133 cm³/mol. The largest absolute Gasteiger partial charge is 0.491 e. The molecule has 0 saturated carbocycles. The van der Waals surface area contributed by atoms with E-state index in [0.29, 0.717) is 23.6 Å². The van der Waals surface area contributed by atoms with Gasteiger partial charge in [0, 0.05) is 19.2 Å². The summed E-state index contributed by atoms with van der Waals surface area (Å²) >= 11 is 7.16. The zero-order chi connectivity index (χ0) is 25.4. The lowest BCUT2D eigenvalue weighted by atomic mass is 10.1. The van der Waals surface area contributed by atoms with Crippen LogP contribution in [-0.4, -0.2) is 43.5 Å². The fourth-order valence-corrected chi connectivity index (χ4v) is 5.11. The van der Waals surface area contributed by atoms with Crippen LogP contribution in [0.15, 0.2) is 48.5 Å². The quantitative estimate of drug-likeness (QED) is 0.258. The molecule has 2 amide bonds. The van der Waals surface area contributed by atoms with Crippen LogP contribution in [0, 0.1) is 0 Å². The fraction of sp³-hybridized carbons (Fsp3) is 0.391. The molecule has 190 valence electrons. The number of imide groups is 1. The van der Waals surface area contributed by atoms with E-state index in [1.165, 1.54) is 14.2 Å². The van der Waals surface area contributed by atoms with Crippen LogP contribution in [0.3, 0.4) is 0 Å². The van der Waals surface area contributed by atoms with Crippen molar-refractivity contribution in [2.45, 2.75) is 37.4 Å². The average molecular weight is 544 g/mol. The van der Waals surface area contributed by atoms with Gasteiger partial charge in [0.15, 0.2) is 6.29 Å². The van der Waals surface area contributed by atoms with Crippen molar-refractivity contribution in [1.29, 1.82) is 0 Å². The maximum Gasteiger partial charge on any atom is 0.476 e. The van der Waals surface area contributed by atoms with Gasteiger partial charge in [-0.15, -0.1) is 0 Å². The lowest BCUT2D eigenvalue weighted by Gasteiger charge is -2.26. The zero-order valence-corrected chi connectivity index (χ0v) is 21.9. The van der Waals surface area contributed by atoms with Gasteiger partial charge in [0.2, 0.25) is 5.91 Å². The smallest absolute Gasteiger partial charge is 0.476 e. The highest BCUT2D eigenvalue weighted by Crippen LogP contribution is 2.49. The first-order chi connectivity index (χ1) is 16.7. The van der Waals surface area contributed by atoms with E-state index in [2.05, 4.69) is 5.32 Å². The molecule has 1 heterocycles. The summed E-state index contributed by atoms with van der Waals surface area (Å²) in [5.74, 6) is 0.304. The molecule has 3 unspecified atom stereocenters. The van der Waals surface area contributed by atoms with Crippen LogP contribution in [0.5, 0.6) is 5.75 Å². The molecule has 0 radical (unpaired) electrons. The van der Waals surface area contributed by atoms with Crippen LogP contribution in [0.2, 0.25) is 5.02 Å². The summed E-state index contributed by atoms with van der Waals surface area (Å²) in [6, 6.07) is 14.4. The predicted octanol–water partition coefficient (Wildman–Crippen LogP) is 5.52. The second-order valence-corrected chi connectivity index (χ2v) is 10.9. The Morgan fingerprint density at radius 3 is 2.40 bits per heavy atom. The summed E-state index contributed by atoms with van der Waals surface area (Å²) < 4.78 is 39.6.